The summed E-state index contributed by atoms with van der Waals surface area (Å²) in [5.41, 5.74) is 4.41. The highest BCUT2D eigenvalue weighted by Gasteiger charge is 2.50. The minimum absolute atomic E-state index is 0.0866. The maximum atomic E-state index is 14.1. The van der Waals surface area contributed by atoms with Gasteiger partial charge in [-0.1, -0.05) is 95.1 Å². The van der Waals surface area contributed by atoms with E-state index in [4.69, 9.17) is 4.43 Å². The predicted octanol–water partition coefficient (Wildman–Crippen LogP) is 8.89. The molecule has 4 atom stereocenters. The van der Waals surface area contributed by atoms with Crippen molar-refractivity contribution in [1.29, 1.82) is 0 Å². The quantitative estimate of drug-likeness (QED) is 0.204. The number of benzene rings is 3. The van der Waals surface area contributed by atoms with Crippen molar-refractivity contribution in [3.05, 3.63) is 89.5 Å². The van der Waals surface area contributed by atoms with Crippen LogP contribution in [0.3, 0.4) is 0 Å². The summed E-state index contributed by atoms with van der Waals surface area (Å²) in [5.74, 6) is 0. The molecule has 0 amide bonds. The van der Waals surface area contributed by atoms with E-state index in [-0.39, 0.29) is 12.1 Å². The summed E-state index contributed by atoms with van der Waals surface area (Å²) in [5, 5.41) is 0. The van der Waals surface area contributed by atoms with Crippen LogP contribution in [0.4, 0.5) is 0 Å². The normalized spacial score (nSPS) is 18.8. The van der Waals surface area contributed by atoms with Gasteiger partial charge in [0.1, 0.15) is 11.0 Å². The molecule has 1 heterocycles. The SMILES string of the molecule is Cc1ccc([S@](=O)c2ccccc2[C@H](O[Si](C(C)C)(C(C)C)C(C)C)[C@H]2CCCN2[S@@](=O)c2ccc(C)cc2)cc1. The van der Waals surface area contributed by atoms with E-state index < -0.39 is 30.1 Å². The zero-order chi connectivity index (χ0) is 29.9. The van der Waals surface area contributed by atoms with Crippen LogP contribution < -0.4 is 0 Å². The lowest BCUT2D eigenvalue weighted by Crippen LogP contribution is -2.51. The molecule has 7 heteroatoms. The van der Waals surface area contributed by atoms with Crippen molar-refractivity contribution in [2.45, 2.75) is 112 Å². The van der Waals surface area contributed by atoms with Crippen molar-refractivity contribution in [1.82, 2.24) is 4.31 Å². The largest absolute Gasteiger partial charge is 0.407 e. The van der Waals surface area contributed by atoms with E-state index in [9.17, 15) is 8.42 Å². The van der Waals surface area contributed by atoms with E-state index in [1.165, 1.54) is 0 Å². The van der Waals surface area contributed by atoms with Crippen LogP contribution in [-0.2, 0) is 26.2 Å². The molecule has 222 valence electrons. The number of aryl methyl sites for hydroxylation is 2. The molecule has 41 heavy (non-hydrogen) atoms. The number of hydrogen-bond donors (Lipinski definition) is 0. The van der Waals surface area contributed by atoms with Gasteiger partial charge in [0.15, 0.2) is 0 Å². The van der Waals surface area contributed by atoms with Crippen molar-refractivity contribution in [2.24, 2.45) is 0 Å². The molecule has 4 nitrogen and oxygen atoms in total. The molecule has 0 aliphatic carbocycles. The molecular weight excluding hydrogens is 563 g/mol. The van der Waals surface area contributed by atoms with E-state index in [0.29, 0.717) is 16.6 Å². The summed E-state index contributed by atoms with van der Waals surface area (Å²) < 4.78 is 37.9. The molecule has 0 aromatic heterocycles. The fourth-order valence-corrected chi connectivity index (χ4v) is 14.9. The van der Waals surface area contributed by atoms with Gasteiger partial charge in [0.2, 0.25) is 8.32 Å². The highest BCUT2D eigenvalue weighted by atomic mass is 32.2. The second-order valence-corrected chi connectivity index (χ2v) is 20.7. The third kappa shape index (κ3) is 6.70. The molecule has 3 aromatic carbocycles. The molecule has 0 spiro atoms. The van der Waals surface area contributed by atoms with Gasteiger partial charge >= 0.3 is 0 Å². The van der Waals surface area contributed by atoms with Crippen LogP contribution in [0.25, 0.3) is 0 Å². The minimum Gasteiger partial charge on any atom is -0.407 e. The molecule has 1 fully saturated rings. The zero-order valence-corrected chi connectivity index (χ0v) is 28.6. The van der Waals surface area contributed by atoms with Crippen LogP contribution in [0.15, 0.2) is 87.5 Å². The Labute approximate surface area is 254 Å². The molecule has 0 bridgehead atoms. The Morgan fingerprint density at radius 2 is 1.27 bits per heavy atom. The zero-order valence-electron chi connectivity index (χ0n) is 25.9. The molecule has 0 unspecified atom stereocenters. The van der Waals surface area contributed by atoms with E-state index in [0.717, 1.165) is 50.8 Å². The van der Waals surface area contributed by atoms with Gasteiger partial charge in [-0.2, -0.15) is 0 Å². The lowest BCUT2D eigenvalue weighted by Gasteiger charge is -2.47. The molecule has 0 radical (unpaired) electrons. The lowest BCUT2D eigenvalue weighted by molar-refractivity contribution is 0.110. The van der Waals surface area contributed by atoms with Crippen LogP contribution in [0.2, 0.25) is 16.6 Å². The van der Waals surface area contributed by atoms with Crippen LogP contribution in [0.1, 0.15) is 77.2 Å². The minimum atomic E-state index is -2.36. The van der Waals surface area contributed by atoms with Crippen molar-refractivity contribution >= 4 is 30.1 Å². The van der Waals surface area contributed by atoms with Crippen molar-refractivity contribution in [3.63, 3.8) is 0 Å². The van der Waals surface area contributed by atoms with E-state index in [1.54, 1.807) is 0 Å². The Morgan fingerprint density at radius 3 is 1.80 bits per heavy atom. The first-order valence-electron chi connectivity index (χ1n) is 15.0. The molecule has 0 N–H and O–H groups in total. The van der Waals surface area contributed by atoms with Gasteiger partial charge in [0, 0.05) is 16.3 Å². The maximum Gasteiger partial charge on any atom is 0.201 e. The number of hydrogen-bond acceptors (Lipinski definition) is 3. The Morgan fingerprint density at radius 1 is 0.756 bits per heavy atom. The van der Waals surface area contributed by atoms with Gasteiger partial charge in [-0.05, 0) is 79.2 Å². The second-order valence-electron chi connectivity index (χ2n) is 12.4. The maximum absolute atomic E-state index is 14.1. The topological polar surface area (TPSA) is 46.6 Å². The highest BCUT2D eigenvalue weighted by molar-refractivity contribution is 7.85. The molecule has 4 rings (SSSR count). The van der Waals surface area contributed by atoms with Crippen LogP contribution >= 0.6 is 0 Å². The molecular formula is C34H47NO3S2Si. The third-order valence-corrected chi connectivity index (χ3v) is 17.8. The second kappa shape index (κ2) is 13.6. The summed E-state index contributed by atoms with van der Waals surface area (Å²) in [4.78, 5) is 2.39. The fourth-order valence-electron chi connectivity index (χ4n) is 6.72. The number of nitrogens with zero attached hydrogens (tertiary/aromatic N) is 1. The van der Waals surface area contributed by atoms with Crippen molar-refractivity contribution in [2.75, 3.05) is 6.54 Å². The number of rotatable bonds is 11. The first-order chi connectivity index (χ1) is 19.5. The van der Waals surface area contributed by atoms with Gasteiger partial charge in [-0.15, -0.1) is 0 Å². The molecule has 1 aliphatic rings. The Kier molecular flexibility index (Phi) is 10.6. The highest BCUT2D eigenvalue weighted by Crippen LogP contribution is 2.48. The third-order valence-electron chi connectivity index (χ3n) is 8.73. The van der Waals surface area contributed by atoms with Crippen molar-refractivity contribution < 1.29 is 12.8 Å². The first kappa shape index (κ1) is 32.0. The molecule has 3 aromatic rings. The Balaban J connectivity index is 1.86. The average Bonchev–Trinajstić information content (AvgIpc) is 3.43. The Bertz CT molecular complexity index is 1330. The van der Waals surface area contributed by atoms with Crippen LogP contribution in [0.5, 0.6) is 0 Å². The molecule has 1 saturated heterocycles. The van der Waals surface area contributed by atoms with Gasteiger partial charge in [0.25, 0.3) is 0 Å². The Hall–Kier alpha value is -1.90. The average molecular weight is 610 g/mol. The summed E-state index contributed by atoms with van der Waals surface area (Å²) in [6.07, 6.45) is 1.49. The summed E-state index contributed by atoms with van der Waals surface area (Å²) in [6, 6.07) is 24.0. The summed E-state index contributed by atoms with van der Waals surface area (Å²) in [6.45, 7) is 18.6. The predicted molar refractivity (Wildman–Crippen MR) is 174 cm³/mol. The van der Waals surface area contributed by atoms with E-state index in [1.807, 2.05) is 80.6 Å². The van der Waals surface area contributed by atoms with E-state index >= 15 is 0 Å². The van der Waals surface area contributed by atoms with Crippen molar-refractivity contribution in [3.8, 4) is 0 Å². The standard InChI is InChI=1S/C34H47NO3S2Si/c1-24(2)41(25(3)4,26(5)6)38-34(32-13-11-23-35(32)40(37)30-21-17-28(8)18-22-30)31-12-9-10-14-33(31)39(36)29-19-15-27(7)16-20-29/h9-10,12,14-22,24-26,32,34H,11,13,23H2,1-8H3/t32-,34+,39+,40+/m1/s1. The fraction of sp³-hybridized carbons (Fsp3) is 0.471. The van der Waals surface area contributed by atoms with Gasteiger partial charge in [-0.25, -0.2) is 12.7 Å². The molecule has 1 aliphatic heterocycles. The smallest absolute Gasteiger partial charge is 0.201 e. The summed E-state index contributed by atoms with van der Waals surface area (Å²) >= 11 is 0. The van der Waals surface area contributed by atoms with Gasteiger partial charge < -0.3 is 4.43 Å². The van der Waals surface area contributed by atoms with Gasteiger partial charge in [-0.3, -0.25) is 0 Å². The lowest BCUT2D eigenvalue weighted by atomic mass is 10.0. The van der Waals surface area contributed by atoms with Crippen LogP contribution in [0, 0.1) is 13.8 Å². The molecule has 0 saturated carbocycles. The summed E-state index contributed by atoms with van der Waals surface area (Å²) in [7, 11) is -5.04. The van der Waals surface area contributed by atoms with Crippen LogP contribution in [-0.4, -0.2) is 33.6 Å². The van der Waals surface area contributed by atoms with Gasteiger partial charge in [0.05, 0.1) is 27.8 Å². The first-order valence-corrected chi connectivity index (χ1v) is 19.4. The monoisotopic (exact) mass is 609 g/mol. The van der Waals surface area contributed by atoms with E-state index in [2.05, 4.69) is 51.9 Å².